The maximum Gasteiger partial charge on any atom is 0.261 e. The Bertz CT molecular complexity index is 565. The van der Waals surface area contributed by atoms with Gasteiger partial charge in [-0.15, -0.1) is 0 Å². The minimum Gasteiger partial charge on any atom is -0.494 e. The summed E-state index contributed by atoms with van der Waals surface area (Å²) in [4.78, 5) is 10.7. The van der Waals surface area contributed by atoms with Gasteiger partial charge in [-0.05, 0) is 6.07 Å². The summed E-state index contributed by atoms with van der Waals surface area (Å²) in [6.07, 6.45) is 3.31. The Hall–Kier alpha value is -1.99. The second-order valence-electron chi connectivity index (χ2n) is 4.62. The molecule has 7 nitrogen and oxygen atoms in total. The van der Waals surface area contributed by atoms with Crippen LogP contribution in [0.25, 0.3) is 11.5 Å². The predicted molar refractivity (Wildman–Crippen MR) is 72.2 cm³/mol. The smallest absolute Gasteiger partial charge is 0.261 e. The molecule has 0 saturated carbocycles. The van der Waals surface area contributed by atoms with Gasteiger partial charge in [0.2, 0.25) is 0 Å². The molecule has 0 spiro atoms. The standard InChI is InChI=1S/C13H17N5O2/c1-19-11-8-15-3-2-10(11)13-16-12(17-20-13)9-18-6-4-14-5-7-18/h2-3,8,14H,4-7,9H2,1H3. The molecule has 0 radical (unpaired) electrons. The van der Waals surface area contributed by atoms with Crippen LogP contribution in [0.2, 0.25) is 0 Å². The molecule has 0 unspecified atom stereocenters. The van der Waals surface area contributed by atoms with E-state index in [1.54, 1.807) is 25.6 Å². The number of piperazine rings is 1. The van der Waals surface area contributed by atoms with Crippen molar-refractivity contribution in [3.63, 3.8) is 0 Å². The topological polar surface area (TPSA) is 76.3 Å². The minimum atomic E-state index is 0.467. The number of hydrogen-bond acceptors (Lipinski definition) is 7. The summed E-state index contributed by atoms with van der Waals surface area (Å²) < 4.78 is 10.6. The lowest BCUT2D eigenvalue weighted by Crippen LogP contribution is -2.43. The van der Waals surface area contributed by atoms with E-state index in [4.69, 9.17) is 9.26 Å². The second kappa shape index (κ2) is 5.98. The number of nitrogens with one attached hydrogen (secondary N) is 1. The van der Waals surface area contributed by atoms with Crippen molar-refractivity contribution in [2.75, 3.05) is 33.3 Å². The third kappa shape index (κ3) is 2.78. The zero-order valence-electron chi connectivity index (χ0n) is 11.4. The van der Waals surface area contributed by atoms with Crippen molar-refractivity contribution in [3.8, 4) is 17.2 Å². The van der Waals surface area contributed by atoms with Crippen LogP contribution in [-0.4, -0.2) is 53.3 Å². The average molecular weight is 275 g/mol. The fourth-order valence-electron chi connectivity index (χ4n) is 2.22. The van der Waals surface area contributed by atoms with Gasteiger partial charge in [0, 0.05) is 32.4 Å². The third-order valence-corrected chi connectivity index (χ3v) is 3.28. The number of rotatable bonds is 4. The highest BCUT2D eigenvalue weighted by atomic mass is 16.5. The Kier molecular flexibility index (Phi) is 3.89. The molecule has 2 aromatic rings. The summed E-state index contributed by atoms with van der Waals surface area (Å²) in [7, 11) is 1.60. The summed E-state index contributed by atoms with van der Waals surface area (Å²) in [6.45, 7) is 4.72. The van der Waals surface area contributed by atoms with Gasteiger partial charge in [0.15, 0.2) is 5.82 Å². The van der Waals surface area contributed by atoms with Crippen molar-refractivity contribution in [1.29, 1.82) is 0 Å². The Labute approximate surface area is 117 Å². The van der Waals surface area contributed by atoms with E-state index in [-0.39, 0.29) is 0 Å². The van der Waals surface area contributed by atoms with Gasteiger partial charge >= 0.3 is 0 Å². The number of nitrogens with zero attached hydrogens (tertiary/aromatic N) is 4. The summed E-state index contributed by atoms with van der Waals surface area (Å²) in [6, 6.07) is 1.81. The number of pyridine rings is 1. The Morgan fingerprint density at radius 1 is 1.40 bits per heavy atom. The molecule has 3 rings (SSSR count). The molecule has 0 aliphatic carbocycles. The lowest BCUT2D eigenvalue weighted by Gasteiger charge is -2.25. The van der Waals surface area contributed by atoms with Crippen molar-refractivity contribution < 1.29 is 9.26 Å². The third-order valence-electron chi connectivity index (χ3n) is 3.28. The molecule has 0 aromatic carbocycles. The summed E-state index contributed by atoms with van der Waals surface area (Å²) in [5, 5.41) is 7.36. The summed E-state index contributed by atoms with van der Waals surface area (Å²) in [5.74, 6) is 1.79. The molecule has 7 heteroatoms. The zero-order chi connectivity index (χ0) is 13.8. The fourth-order valence-corrected chi connectivity index (χ4v) is 2.22. The van der Waals surface area contributed by atoms with E-state index < -0.39 is 0 Å². The summed E-state index contributed by atoms with van der Waals surface area (Å²) in [5.41, 5.74) is 0.765. The van der Waals surface area contributed by atoms with Gasteiger partial charge in [0.25, 0.3) is 5.89 Å². The molecule has 0 atom stereocenters. The van der Waals surface area contributed by atoms with E-state index in [9.17, 15) is 0 Å². The molecule has 1 aliphatic rings. The van der Waals surface area contributed by atoms with Crippen molar-refractivity contribution in [1.82, 2.24) is 25.3 Å². The quantitative estimate of drug-likeness (QED) is 0.873. The first kappa shape index (κ1) is 13.0. The van der Waals surface area contributed by atoms with Gasteiger partial charge in [0.1, 0.15) is 5.75 Å². The lowest BCUT2D eigenvalue weighted by molar-refractivity contribution is 0.225. The maximum absolute atomic E-state index is 5.32. The average Bonchev–Trinajstić information content (AvgIpc) is 2.96. The van der Waals surface area contributed by atoms with E-state index in [0.29, 0.717) is 24.0 Å². The first-order valence-corrected chi connectivity index (χ1v) is 6.61. The molecular weight excluding hydrogens is 258 g/mol. The van der Waals surface area contributed by atoms with Gasteiger partial charge < -0.3 is 14.6 Å². The predicted octanol–water partition coefficient (Wildman–Crippen LogP) is 0.545. The molecule has 1 N–H and O–H groups in total. The molecule has 1 fully saturated rings. The highest BCUT2D eigenvalue weighted by molar-refractivity contribution is 5.61. The molecule has 1 saturated heterocycles. The van der Waals surface area contributed by atoms with Crippen molar-refractivity contribution in [2.24, 2.45) is 0 Å². The Morgan fingerprint density at radius 3 is 3.05 bits per heavy atom. The number of aromatic nitrogens is 3. The van der Waals surface area contributed by atoms with Crippen LogP contribution in [0.15, 0.2) is 23.0 Å². The van der Waals surface area contributed by atoms with Gasteiger partial charge in [-0.25, -0.2) is 0 Å². The number of hydrogen-bond donors (Lipinski definition) is 1. The zero-order valence-corrected chi connectivity index (χ0v) is 11.4. The van der Waals surface area contributed by atoms with Crippen molar-refractivity contribution in [3.05, 3.63) is 24.3 Å². The highest BCUT2D eigenvalue weighted by Gasteiger charge is 2.16. The van der Waals surface area contributed by atoms with Gasteiger partial charge in [-0.1, -0.05) is 5.16 Å². The second-order valence-corrected chi connectivity index (χ2v) is 4.62. The van der Waals surface area contributed by atoms with E-state index in [2.05, 4.69) is 25.3 Å². The van der Waals surface area contributed by atoms with E-state index in [1.165, 1.54) is 0 Å². The van der Waals surface area contributed by atoms with Gasteiger partial charge in [-0.3, -0.25) is 9.88 Å². The molecule has 3 heterocycles. The van der Waals surface area contributed by atoms with Crippen LogP contribution < -0.4 is 10.1 Å². The van der Waals surface area contributed by atoms with Crippen molar-refractivity contribution in [2.45, 2.75) is 6.54 Å². The molecule has 2 aromatic heterocycles. The van der Waals surface area contributed by atoms with Crippen LogP contribution in [0.1, 0.15) is 5.82 Å². The number of methoxy groups -OCH3 is 1. The monoisotopic (exact) mass is 275 g/mol. The molecule has 106 valence electrons. The van der Waals surface area contributed by atoms with Crippen LogP contribution in [-0.2, 0) is 6.54 Å². The molecule has 0 bridgehead atoms. The van der Waals surface area contributed by atoms with E-state index in [0.717, 1.165) is 31.7 Å². The van der Waals surface area contributed by atoms with Crippen LogP contribution in [0.4, 0.5) is 0 Å². The first-order chi connectivity index (χ1) is 9.86. The van der Waals surface area contributed by atoms with Crippen LogP contribution in [0.3, 0.4) is 0 Å². The SMILES string of the molecule is COc1cnccc1-c1nc(CN2CCNCC2)no1. The Morgan fingerprint density at radius 2 is 2.25 bits per heavy atom. The van der Waals surface area contributed by atoms with Crippen LogP contribution >= 0.6 is 0 Å². The van der Waals surface area contributed by atoms with Gasteiger partial charge in [-0.2, -0.15) is 4.98 Å². The van der Waals surface area contributed by atoms with Crippen LogP contribution in [0.5, 0.6) is 5.75 Å². The largest absolute Gasteiger partial charge is 0.494 e. The molecular formula is C13H17N5O2. The van der Waals surface area contributed by atoms with Crippen LogP contribution in [0, 0.1) is 0 Å². The Balaban J connectivity index is 1.75. The molecule has 1 aliphatic heterocycles. The van der Waals surface area contributed by atoms with E-state index >= 15 is 0 Å². The maximum atomic E-state index is 5.32. The number of ether oxygens (including phenoxy) is 1. The molecule has 0 amide bonds. The normalized spacial score (nSPS) is 16.2. The molecule has 20 heavy (non-hydrogen) atoms. The first-order valence-electron chi connectivity index (χ1n) is 6.61. The van der Waals surface area contributed by atoms with Crippen molar-refractivity contribution >= 4 is 0 Å². The van der Waals surface area contributed by atoms with E-state index in [1.807, 2.05) is 0 Å². The summed E-state index contributed by atoms with van der Waals surface area (Å²) >= 11 is 0. The fraction of sp³-hybridized carbons (Fsp3) is 0.462. The minimum absolute atomic E-state index is 0.467. The lowest BCUT2D eigenvalue weighted by atomic mass is 10.2. The van der Waals surface area contributed by atoms with Gasteiger partial charge in [0.05, 0.1) is 25.4 Å². The highest BCUT2D eigenvalue weighted by Crippen LogP contribution is 2.27.